The Morgan fingerprint density at radius 3 is 2.39 bits per heavy atom. The summed E-state index contributed by atoms with van der Waals surface area (Å²) in [5.41, 5.74) is 9.74. The van der Waals surface area contributed by atoms with Gasteiger partial charge in [-0.05, 0) is 18.2 Å². The molecular formula is C18H13ClN4. The number of para-hydroxylation sites is 1. The van der Waals surface area contributed by atoms with E-state index in [0.717, 1.165) is 27.8 Å². The number of benzene rings is 2. The molecular weight excluding hydrogens is 308 g/mol. The molecule has 0 radical (unpaired) electrons. The largest absolute Gasteiger partial charge is 0.383 e. The molecule has 0 bridgehead atoms. The van der Waals surface area contributed by atoms with Gasteiger partial charge in [0.25, 0.3) is 0 Å². The summed E-state index contributed by atoms with van der Waals surface area (Å²) in [7, 11) is 0. The first kappa shape index (κ1) is 13.8. The molecule has 2 aromatic carbocycles. The highest BCUT2D eigenvalue weighted by Crippen LogP contribution is 2.37. The fraction of sp³-hybridized carbons (Fsp3) is 0. The Kier molecular flexibility index (Phi) is 3.24. The predicted molar refractivity (Wildman–Crippen MR) is 93.7 cm³/mol. The Balaban J connectivity index is 2.09. The molecule has 4 nitrogen and oxygen atoms in total. The SMILES string of the molecule is Nc1ncnc2c1c(-c1ccccc1Cl)cn2-c1ccccc1. The van der Waals surface area contributed by atoms with E-state index in [2.05, 4.69) is 9.97 Å². The van der Waals surface area contributed by atoms with Crippen molar-refractivity contribution in [2.45, 2.75) is 0 Å². The van der Waals surface area contributed by atoms with Gasteiger partial charge in [-0.1, -0.05) is 48.0 Å². The molecule has 0 aliphatic heterocycles. The second-order valence-electron chi connectivity index (χ2n) is 5.19. The smallest absolute Gasteiger partial charge is 0.150 e. The van der Waals surface area contributed by atoms with Gasteiger partial charge in [-0.3, -0.25) is 0 Å². The zero-order chi connectivity index (χ0) is 15.8. The highest BCUT2D eigenvalue weighted by atomic mass is 35.5. The van der Waals surface area contributed by atoms with Gasteiger partial charge in [0.2, 0.25) is 0 Å². The van der Waals surface area contributed by atoms with Gasteiger partial charge in [0.15, 0.2) is 5.65 Å². The molecule has 5 heteroatoms. The van der Waals surface area contributed by atoms with Crippen molar-refractivity contribution in [1.82, 2.24) is 14.5 Å². The average Bonchev–Trinajstić information content (AvgIpc) is 2.97. The van der Waals surface area contributed by atoms with E-state index >= 15 is 0 Å². The number of aromatic nitrogens is 3. The Labute approximate surface area is 138 Å². The normalized spacial score (nSPS) is 11.0. The topological polar surface area (TPSA) is 56.7 Å². The minimum atomic E-state index is 0.444. The molecule has 2 aromatic heterocycles. The first-order valence-corrected chi connectivity index (χ1v) is 7.55. The molecule has 0 saturated heterocycles. The molecule has 0 amide bonds. The molecule has 23 heavy (non-hydrogen) atoms. The zero-order valence-electron chi connectivity index (χ0n) is 12.1. The second-order valence-corrected chi connectivity index (χ2v) is 5.59. The summed E-state index contributed by atoms with van der Waals surface area (Å²) >= 11 is 6.38. The number of halogens is 1. The van der Waals surface area contributed by atoms with Crippen LogP contribution in [-0.2, 0) is 0 Å². The number of hydrogen-bond donors (Lipinski definition) is 1. The van der Waals surface area contributed by atoms with Crippen LogP contribution < -0.4 is 5.73 Å². The lowest BCUT2D eigenvalue weighted by Crippen LogP contribution is -1.96. The number of hydrogen-bond acceptors (Lipinski definition) is 3. The van der Waals surface area contributed by atoms with Crippen molar-refractivity contribution in [2.75, 3.05) is 5.73 Å². The van der Waals surface area contributed by atoms with Gasteiger partial charge in [-0.2, -0.15) is 0 Å². The molecule has 0 saturated carbocycles. The average molecular weight is 321 g/mol. The summed E-state index contributed by atoms with van der Waals surface area (Å²) in [6.45, 7) is 0. The first-order valence-electron chi connectivity index (χ1n) is 7.17. The van der Waals surface area contributed by atoms with Gasteiger partial charge >= 0.3 is 0 Å². The monoisotopic (exact) mass is 320 g/mol. The van der Waals surface area contributed by atoms with Crippen LogP contribution in [0.4, 0.5) is 5.82 Å². The molecule has 2 N–H and O–H groups in total. The van der Waals surface area contributed by atoms with Crippen LogP contribution in [-0.4, -0.2) is 14.5 Å². The molecule has 0 aliphatic carbocycles. The van der Waals surface area contributed by atoms with E-state index in [9.17, 15) is 0 Å². The number of nitrogen functional groups attached to an aromatic ring is 1. The summed E-state index contributed by atoms with van der Waals surface area (Å²) in [4.78, 5) is 8.56. The fourth-order valence-electron chi connectivity index (χ4n) is 2.75. The van der Waals surface area contributed by atoms with Crippen LogP contribution in [0, 0.1) is 0 Å². The van der Waals surface area contributed by atoms with Crippen LogP contribution in [0.25, 0.3) is 27.8 Å². The Bertz CT molecular complexity index is 993. The maximum Gasteiger partial charge on any atom is 0.150 e. The summed E-state index contributed by atoms with van der Waals surface area (Å²) in [6, 6.07) is 17.7. The van der Waals surface area contributed by atoms with Gasteiger partial charge in [0.05, 0.1) is 5.39 Å². The number of nitrogens with zero attached hydrogens (tertiary/aromatic N) is 3. The van der Waals surface area contributed by atoms with E-state index in [1.807, 2.05) is 65.4 Å². The zero-order valence-corrected chi connectivity index (χ0v) is 12.9. The van der Waals surface area contributed by atoms with Crippen LogP contribution >= 0.6 is 11.6 Å². The standard InChI is InChI=1S/C18H13ClN4/c19-15-9-5-4-8-13(15)14-10-23(12-6-2-1-3-7-12)18-16(14)17(20)21-11-22-18/h1-11H,(H2,20,21,22). The molecule has 0 atom stereocenters. The minimum Gasteiger partial charge on any atom is -0.383 e. The van der Waals surface area contributed by atoms with Crippen molar-refractivity contribution < 1.29 is 0 Å². The first-order chi connectivity index (χ1) is 11.3. The number of nitrogens with two attached hydrogens (primary N) is 1. The van der Waals surface area contributed by atoms with Crippen molar-refractivity contribution in [3.05, 3.63) is 72.1 Å². The van der Waals surface area contributed by atoms with Crippen LogP contribution in [0.5, 0.6) is 0 Å². The van der Waals surface area contributed by atoms with Crippen LogP contribution in [0.1, 0.15) is 0 Å². The fourth-order valence-corrected chi connectivity index (χ4v) is 2.99. The van der Waals surface area contributed by atoms with Crippen molar-refractivity contribution >= 4 is 28.5 Å². The number of anilines is 1. The molecule has 0 spiro atoms. The quantitative estimate of drug-likeness (QED) is 0.598. The Hall–Kier alpha value is -2.85. The van der Waals surface area contributed by atoms with E-state index in [0.29, 0.717) is 10.8 Å². The lowest BCUT2D eigenvalue weighted by atomic mass is 10.1. The number of rotatable bonds is 2. The minimum absolute atomic E-state index is 0.444. The molecule has 4 rings (SSSR count). The Morgan fingerprint density at radius 2 is 1.61 bits per heavy atom. The number of fused-ring (bicyclic) bond motifs is 1. The molecule has 0 fully saturated rings. The van der Waals surface area contributed by atoms with Crippen LogP contribution in [0.2, 0.25) is 5.02 Å². The lowest BCUT2D eigenvalue weighted by molar-refractivity contribution is 1.08. The highest BCUT2D eigenvalue weighted by Gasteiger charge is 2.17. The maximum absolute atomic E-state index is 6.38. The van der Waals surface area contributed by atoms with E-state index in [-0.39, 0.29) is 0 Å². The highest BCUT2D eigenvalue weighted by molar-refractivity contribution is 6.33. The third-order valence-corrected chi connectivity index (χ3v) is 4.14. The lowest BCUT2D eigenvalue weighted by Gasteiger charge is -2.03. The van der Waals surface area contributed by atoms with Crippen molar-refractivity contribution in [1.29, 1.82) is 0 Å². The molecule has 0 aliphatic rings. The van der Waals surface area contributed by atoms with E-state index in [1.165, 1.54) is 6.33 Å². The van der Waals surface area contributed by atoms with Crippen molar-refractivity contribution in [2.24, 2.45) is 0 Å². The molecule has 2 heterocycles. The second kappa shape index (κ2) is 5.41. The van der Waals surface area contributed by atoms with Gasteiger partial charge in [-0.15, -0.1) is 0 Å². The van der Waals surface area contributed by atoms with Crippen molar-refractivity contribution in [3.63, 3.8) is 0 Å². The van der Waals surface area contributed by atoms with E-state index in [4.69, 9.17) is 17.3 Å². The maximum atomic E-state index is 6.38. The third kappa shape index (κ3) is 2.24. The molecule has 0 unspecified atom stereocenters. The van der Waals surface area contributed by atoms with Gasteiger partial charge < -0.3 is 10.3 Å². The van der Waals surface area contributed by atoms with Crippen LogP contribution in [0.15, 0.2) is 67.1 Å². The van der Waals surface area contributed by atoms with E-state index < -0.39 is 0 Å². The summed E-state index contributed by atoms with van der Waals surface area (Å²) < 4.78 is 2.01. The Morgan fingerprint density at radius 1 is 0.870 bits per heavy atom. The molecule has 112 valence electrons. The molecule has 4 aromatic rings. The summed E-state index contributed by atoms with van der Waals surface area (Å²) in [5.74, 6) is 0.444. The van der Waals surface area contributed by atoms with Gasteiger partial charge in [0.1, 0.15) is 12.1 Å². The van der Waals surface area contributed by atoms with Gasteiger partial charge in [-0.25, -0.2) is 9.97 Å². The third-order valence-electron chi connectivity index (χ3n) is 3.81. The summed E-state index contributed by atoms with van der Waals surface area (Å²) in [6.07, 6.45) is 3.49. The predicted octanol–water partition coefficient (Wildman–Crippen LogP) is 4.32. The van der Waals surface area contributed by atoms with E-state index in [1.54, 1.807) is 0 Å². The summed E-state index contributed by atoms with van der Waals surface area (Å²) in [5, 5.41) is 1.48. The van der Waals surface area contributed by atoms with Crippen LogP contribution in [0.3, 0.4) is 0 Å². The van der Waals surface area contributed by atoms with Crippen molar-refractivity contribution in [3.8, 4) is 16.8 Å². The van der Waals surface area contributed by atoms with Gasteiger partial charge in [0, 0.05) is 28.0 Å².